The molecule has 0 atom stereocenters. The van der Waals surface area contributed by atoms with Crippen LogP contribution in [0.4, 0.5) is 0 Å². The first-order valence-corrected chi connectivity index (χ1v) is 7.86. The van der Waals surface area contributed by atoms with E-state index in [0.717, 1.165) is 0 Å². The highest BCUT2D eigenvalue weighted by Gasteiger charge is 2.17. The molecule has 1 heterocycles. The van der Waals surface area contributed by atoms with Gasteiger partial charge >= 0.3 is 0 Å². The van der Waals surface area contributed by atoms with Crippen molar-refractivity contribution in [1.82, 2.24) is 16.2 Å². The first-order valence-electron chi connectivity index (χ1n) is 7.86. The molecule has 0 bridgehead atoms. The minimum atomic E-state index is -0.478. The van der Waals surface area contributed by atoms with Gasteiger partial charge in [-0.25, -0.2) is 0 Å². The molecule has 0 fully saturated rings. The molecule has 144 valence electrons. The van der Waals surface area contributed by atoms with Crippen LogP contribution in [-0.2, 0) is 4.79 Å². The highest BCUT2D eigenvalue weighted by molar-refractivity contribution is 5.97. The monoisotopic (exact) mass is 375 g/mol. The Bertz CT molecular complexity index is 792. The second-order valence-corrected chi connectivity index (χ2v) is 5.23. The average Bonchev–Trinajstić information content (AvgIpc) is 3.23. The highest BCUT2D eigenvalue weighted by Crippen LogP contribution is 2.38. The summed E-state index contributed by atoms with van der Waals surface area (Å²) in [5.41, 5.74) is 5.65. The average molecular weight is 375 g/mol. The van der Waals surface area contributed by atoms with Crippen molar-refractivity contribution in [2.24, 2.45) is 0 Å². The lowest BCUT2D eigenvalue weighted by Crippen LogP contribution is -2.42. The van der Waals surface area contributed by atoms with E-state index in [1.807, 2.05) is 0 Å². The molecule has 2 amide bonds. The maximum Gasteiger partial charge on any atom is 0.257 e. The van der Waals surface area contributed by atoms with Crippen molar-refractivity contribution in [2.45, 2.75) is 0 Å². The van der Waals surface area contributed by atoms with Crippen LogP contribution in [0.1, 0.15) is 16.1 Å². The number of amides is 2. The van der Waals surface area contributed by atoms with Crippen LogP contribution in [0.15, 0.2) is 41.5 Å². The van der Waals surface area contributed by atoms with Crippen molar-refractivity contribution in [2.75, 3.05) is 27.9 Å². The quantitative estimate of drug-likeness (QED) is 0.567. The molecule has 9 nitrogen and oxygen atoms in total. The molecule has 1 aromatic carbocycles. The van der Waals surface area contributed by atoms with Crippen molar-refractivity contribution in [3.05, 3.63) is 48.4 Å². The van der Waals surface area contributed by atoms with Crippen LogP contribution in [-0.4, -0.2) is 39.7 Å². The van der Waals surface area contributed by atoms with Crippen LogP contribution in [0.2, 0.25) is 0 Å². The van der Waals surface area contributed by atoms with E-state index >= 15 is 0 Å². The normalized spacial score (nSPS) is 9.89. The van der Waals surface area contributed by atoms with Gasteiger partial charge in [0.05, 0.1) is 39.8 Å². The number of ether oxygens (including phenoxy) is 3. The maximum absolute atomic E-state index is 12.3. The van der Waals surface area contributed by atoms with Crippen molar-refractivity contribution < 1.29 is 28.2 Å². The summed E-state index contributed by atoms with van der Waals surface area (Å²) in [6, 6.07) is 6.37. The molecular weight excluding hydrogens is 354 g/mol. The maximum atomic E-state index is 12.3. The van der Waals surface area contributed by atoms with E-state index in [2.05, 4.69) is 22.7 Å². The molecule has 0 aliphatic rings. The molecule has 0 saturated heterocycles. The van der Waals surface area contributed by atoms with Gasteiger partial charge in [-0.15, -0.1) is 0 Å². The third-order valence-corrected chi connectivity index (χ3v) is 3.51. The fraction of sp³-hybridized carbons (Fsp3) is 0.222. The smallest absolute Gasteiger partial charge is 0.257 e. The largest absolute Gasteiger partial charge is 0.493 e. The summed E-state index contributed by atoms with van der Waals surface area (Å²) in [5, 5.41) is 2.50. The van der Waals surface area contributed by atoms with Gasteiger partial charge in [0.1, 0.15) is 0 Å². The zero-order chi connectivity index (χ0) is 19.8. The summed E-state index contributed by atoms with van der Waals surface area (Å²) >= 11 is 0. The van der Waals surface area contributed by atoms with Crippen LogP contribution in [0, 0.1) is 0 Å². The zero-order valence-corrected chi connectivity index (χ0v) is 15.3. The number of rotatable bonds is 9. The summed E-state index contributed by atoms with van der Waals surface area (Å²) in [6.07, 6.45) is 1.49. The molecular formula is C18H21N3O6. The minimum Gasteiger partial charge on any atom is -0.493 e. The van der Waals surface area contributed by atoms with Crippen LogP contribution in [0.3, 0.4) is 0 Å². The molecule has 0 spiro atoms. The summed E-state index contributed by atoms with van der Waals surface area (Å²) in [6.45, 7) is 3.46. The molecule has 1 aromatic heterocycles. The minimum absolute atomic E-state index is 0.255. The van der Waals surface area contributed by atoms with Crippen LogP contribution in [0.5, 0.6) is 17.2 Å². The lowest BCUT2D eigenvalue weighted by molar-refractivity contribution is -0.120. The number of furan rings is 1. The van der Waals surface area contributed by atoms with Crippen LogP contribution < -0.4 is 30.4 Å². The zero-order valence-electron chi connectivity index (χ0n) is 15.3. The summed E-state index contributed by atoms with van der Waals surface area (Å²) < 4.78 is 20.7. The molecule has 3 N–H and O–H groups in total. The first-order chi connectivity index (χ1) is 13.0. The molecule has 27 heavy (non-hydrogen) atoms. The van der Waals surface area contributed by atoms with E-state index < -0.39 is 11.8 Å². The number of nitrogens with one attached hydrogen (secondary N) is 3. The Hall–Kier alpha value is -3.62. The van der Waals surface area contributed by atoms with Gasteiger partial charge in [-0.1, -0.05) is 6.58 Å². The highest BCUT2D eigenvalue weighted by atomic mass is 16.5. The van der Waals surface area contributed by atoms with Crippen molar-refractivity contribution in [3.63, 3.8) is 0 Å². The van der Waals surface area contributed by atoms with Crippen molar-refractivity contribution in [1.29, 1.82) is 0 Å². The number of carbonyl (C=O) groups excluding carboxylic acids is 2. The van der Waals surface area contributed by atoms with Gasteiger partial charge in [-0.05, 0) is 24.3 Å². The Kier molecular flexibility index (Phi) is 6.70. The fourth-order valence-corrected chi connectivity index (χ4v) is 2.18. The second-order valence-electron chi connectivity index (χ2n) is 5.23. The van der Waals surface area contributed by atoms with E-state index in [0.29, 0.717) is 28.7 Å². The Balaban J connectivity index is 1.93. The van der Waals surface area contributed by atoms with Gasteiger partial charge in [-0.3, -0.25) is 20.4 Å². The van der Waals surface area contributed by atoms with E-state index in [1.54, 1.807) is 12.1 Å². The van der Waals surface area contributed by atoms with Gasteiger partial charge in [0, 0.05) is 5.56 Å². The van der Waals surface area contributed by atoms with Crippen molar-refractivity contribution in [3.8, 4) is 17.2 Å². The molecule has 2 aromatic rings. The van der Waals surface area contributed by atoms with Gasteiger partial charge in [0.15, 0.2) is 17.3 Å². The molecule has 0 aliphatic carbocycles. The fourth-order valence-electron chi connectivity index (χ4n) is 2.18. The second kappa shape index (κ2) is 9.18. The van der Waals surface area contributed by atoms with Gasteiger partial charge in [0.2, 0.25) is 5.75 Å². The Labute approximate surface area is 156 Å². The van der Waals surface area contributed by atoms with E-state index in [-0.39, 0.29) is 12.1 Å². The Morgan fingerprint density at radius 3 is 2.26 bits per heavy atom. The predicted octanol–water partition coefficient (Wildman–Crippen LogP) is 1.33. The number of methoxy groups -OCH3 is 3. The molecule has 0 unspecified atom stereocenters. The first kappa shape index (κ1) is 19.7. The molecule has 0 aliphatic heterocycles. The van der Waals surface area contributed by atoms with Crippen molar-refractivity contribution >= 4 is 17.5 Å². The molecule has 0 saturated carbocycles. The van der Waals surface area contributed by atoms with E-state index in [4.69, 9.17) is 18.6 Å². The number of hydrogen-bond acceptors (Lipinski definition) is 7. The predicted molar refractivity (Wildman–Crippen MR) is 97.5 cm³/mol. The van der Waals surface area contributed by atoms with E-state index in [9.17, 15) is 9.59 Å². The number of benzene rings is 1. The number of hydrazine groups is 1. The third-order valence-electron chi connectivity index (χ3n) is 3.51. The topological polar surface area (TPSA) is 111 Å². The van der Waals surface area contributed by atoms with Gasteiger partial charge < -0.3 is 23.9 Å². The molecule has 2 rings (SSSR count). The van der Waals surface area contributed by atoms with Gasteiger partial charge in [-0.2, -0.15) is 0 Å². The summed E-state index contributed by atoms with van der Waals surface area (Å²) in [4.78, 5) is 24.2. The standard InChI is InChI=1S/C18H21N3O6/c1-11(13-6-5-7-27-13)20-21-16(22)10-19-18(23)12-8-14(24-2)17(26-4)15(9-12)25-3/h5-9,20H,1,10H2,2-4H3,(H,19,23)(H,21,22). The molecule has 0 radical (unpaired) electrons. The SMILES string of the molecule is C=C(NNC(=O)CNC(=O)c1cc(OC)c(OC)c(OC)c1)c1ccco1. The van der Waals surface area contributed by atoms with Gasteiger partial charge in [0.25, 0.3) is 11.8 Å². The third kappa shape index (κ3) is 4.94. The summed E-state index contributed by atoms with van der Waals surface area (Å²) in [5.74, 6) is 0.579. The Morgan fingerprint density at radius 2 is 1.74 bits per heavy atom. The Morgan fingerprint density at radius 1 is 1.07 bits per heavy atom. The lowest BCUT2D eigenvalue weighted by Gasteiger charge is -2.14. The number of carbonyl (C=O) groups is 2. The lowest BCUT2D eigenvalue weighted by atomic mass is 10.1. The molecule has 9 heteroatoms. The van der Waals surface area contributed by atoms with E-state index in [1.165, 1.54) is 39.7 Å². The number of hydrogen-bond donors (Lipinski definition) is 3. The van der Waals surface area contributed by atoms with Crippen LogP contribution in [0.25, 0.3) is 5.70 Å². The van der Waals surface area contributed by atoms with Crippen LogP contribution >= 0.6 is 0 Å². The summed E-state index contributed by atoms with van der Waals surface area (Å²) in [7, 11) is 4.36.